The maximum atomic E-state index is 0. The molecule has 0 heterocycles. The molecule has 5 heavy (non-hydrogen) atoms. The molecule has 0 aliphatic rings. The van der Waals surface area contributed by atoms with E-state index in [9.17, 15) is 0 Å². The van der Waals surface area contributed by atoms with E-state index in [0.29, 0.717) is 0 Å². The Kier molecular flexibility index (Phi) is 166. The van der Waals surface area contributed by atoms with Crippen LogP contribution in [0.4, 0.5) is 0 Å². The molecule has 0 spiro atoms. The molecule has 0 aliphatic carbocycles. The molecule has 0 aromatic carbocycles. The normalized spacial score (nSPS) is 0. The van der Waals surface area contributed by atoms with E-state index < -0.39 is 0 Å². The molecular formula is H7BCsI3. The third kappa shape index (κ3) is 17.8. The Morgan fingerprint density at radius 3 is 0.600 bits per heavy atom. The Bertz CT molecular complexity index is 6.85. The van der Waals surface area contributed by atoms with Crippen LogP contribution in [0.5, 0.6) is 0 Å². The summed E-state index contributed by atoms with van der Waals surface area (Å²) in [6, 6.07) is 0. The third-order valence-corrected chi connectivity index (χ3v) is 0. The van der Waals surface area contributed by atoms with Gasteiger partial charge in [-0.05, 0) is 0 Å². The molecule has 0 atom stereocenters. The Morgan fingerprint density at radius 1 is 0.600 bits per heavy atom. The van der Waals surface area contributed by atoms with E-state index in [1.807, 2.05) is 0 Å². The molecule has 0 saturated carbocycles. The SMILES string of the molecule is B.I.I.I.[CsH]. The van der Waals surface area contributed by atoms with Gasteiger partial charge in [-0.2, -0.15) is 0 Å². The number of halogens is 3. The summed E-state index contributed by atoms with van der Waals surface area (Å²) in [5.41, 5.74) is 0. The van der Waals surface area contributed by atoms with Crippen molar-refractivity contribution < 1.29 is 0 Å². The van der Waals surface area contributed by atoms with Crippen molar-refractivity contribution in [3.63, 3.8) is 0 Å². The monoisotopic (exact) mass is 532 g/mol. The average molecular weight is 531 g/mol. The fraction of sp³-hybridized carbons (Fsp3) is 0. The number of hydrogen-bond donors (Lipinski definition) is 0. The van der Waals surface area contributed by atoms with E-state index in [2.05, 4.69) is 0 Å². The standard InChI is InChI=1S/BH3.Cs.3HI.H/h1H3;;3*1H;. The Labute approximate surface area is 144 Å². The predicted octanol–water partition coefficient (Wildman–Crippen LogP) is 0.0216. The van der Waals surface area contributed by atoms with Gasteiger partial charge in [-0.15, -0.1) is 71.9 Å². The average Bonchev–Trinajstić information content (AvgIpc) is 0. The molecule has 0 N–H and O–H groups in total. The molecule has 0 saturated heterocycles. The van der Waals surface area contributed by atoms with E-state index in [1.54, 1.807) is 0 Å². The maximum absolute atomic E-state index is 0. The summed E-state index contributed by atoms with van der Waals surface area (Å²) in [7, 11) is 0. The van der Waals surface area contributed by atoms with Crippen LogP contribution in [-0.2, 0) is 0 Å². The fourth-order valence-electron chi connectivity index (χ4n) is 0. The quantitative estimate of drug-likeness (QED) is 0.306. The minimum absolute atomic E-state index is 0. The molecule has 0 aromatic heterocycles. The molecule has 0 radical (unpaired) electrons. The molecule has 5 heteroatoms. The fourth-order valence-corrected chi connectivity index (χ4v) is 0. The van der Waals surface area contributed by atoms with Crippen LogP contribution in [0.3, 0.4) is 0 Å². The van der Waals surface area contributed by atoms with E-state index in [4.69, 9.17) is 0 Å². The molecule has 0 aliphatic heterocycles. The van der Waals surface area contributed by atoms with E-state index in [-0.39, 0.29) is 149 Å². The van der Waals surface area contributed by atoms with Crippen molar-refractivity contribution in [3.8, 4) is 0 Å². The van der Waals surface area contributed by atoms with Crippen molar-refractivity contribution in [1.82, 2.24) is 0 Å². The number of hydrogen-bond acceptors (Lipinski definition) is 0. The molecule has 0 amide bonds. The summed E-state index contributed by atoms with van der Waals surface area (Å²) < 4.78 is 0. The molecule has 32 valence electrons. The van der Waals surface area contributed by atoms with Crippen LogP contribution in [-0.4, -0.2) is 77.3 Å². The summed E-state index contributed by atoms with van der Waals surface area (Å²) in [5.74, 6) is 0. The summed E-state index contributed by atoms with van der Waals surface area (Å²) >= 11 is 0. The second kappa shape index (κ2) is 23.9. The summed E-state index contributed by atoms with van der Waals surface area (Å²) in [4.78, 5) is 0. The van der Waals surface area contributed by atoms with Gasteiger partial charge in [-0.25, -0.2) is 0 Å². The van der Waals surface area contributed by atoms with Crippen LogP contribution >= 0.6 is 71.9 Å². The molecule has 0 rings (SSSR count). The Hall–Kier alpha value is 4.31. The van der Waals surface area contributed by atoms with Gasteiger partial charge in [0.25, 0.3) is 0 Å². The van der Waals surface area contributed by atoms with E-state index >= 15 is 0 Å². The first-order valence-corrected chi connectivity index (χ1v) is 0. The van der Waals surface area contributed by atoms with Crippen LogP contribution in [0.25, 0.3) is 0 Å². The molecule has 0 unspecified atom stereocenters. The summed E-state index contributed by atoms with van der Waals surface area (Å²) in [5, 5.41) is 0. The topological polar surface area (TPSA) is 0 Å². The first-order chi connectivity index (χ1) is 0. The van der Waals surface area contributed by atoms with Crippen molar-refractivity contribution in [2.75, 3.05) is 0 Å². The first-order valence-electron chi connectivity index (χ1n) is 0. The van der Waals surface area contributed by atoms with Crippen molar-refractivity contribution in [2.45, 2.75) is 0 Å². The second-order valence-electron chi connectivity index (χ2n) is 0. The van der Waals surface area contributed by atoms with Crippen LogP contribution in [0.2, 0.25) is 0 Å². The first kappa shape index (κ1) is 34.6. The van der Waals surface area contributed by atoms with Gasteiger partial charge < -0.3 is 0 Å². The summed E-state index contributed by atoms with van der Waals surface area (Å²) in [6.07, 6.45) is 0. The van der Waals surface area contributed by atoms with Gasteiger partial charge in [0.1, 0.15) is 0 Å². The predicted molar refractivity (Wildman–Crippen MR) is 63.3 cm³/mol. The van der Waals surface area contributed by atoms with Crippen LogP contribution < -0.4 is 0 Å². The van der Waals surface area contributed by atoms with Gasteiger partial charge in [-0.3, -0.25) is 0 Å². The molecule has 0 bridgehead atoms. The van der Waals surface area contributed by atoms with Gasteiger partial charge in [0.2, 0.25) is 0 Å². The van der Waals surface area contributed by atoms with Crippen molar-refractivity contribution >= 4 is 149 Å². The van der Waals surface area contributed by atoms with Crippen LogP contribution in [0.1, 0.15) is 0 Å². The zero-order valence-electron chi connectivity index (χ0n) is 1.22. The third-order valence-electron chi connectivity index (χ3n) is 0. The van der Waals surface area contributed by atoms with E-state index in [0.717, 1.165) is 0 Å². The Morgan fingerprint density at radius 2 is 0.600 bits per heavy atom. The number of rotatable bonds is 0. The molecule has 0 nitrogen and oxygen atoms in total. The molecular weight excluding hydrogens is 524 g/mol. The van der Waals surface area contributed by atoms with Gasteiger partial charge in [0, 0.05) is 0 Å². The zero-order chi connectivity index (χ0) is 0. The van der Waals surface area contributed by atoms with Crippen molar-refractivity contribution in [1.29, 1.82) is 0 Å². The van der Waals surface area contributed by atoms with Crippen LogP contribution in [0.15, 0.2) is 0 Å². The summed E-state index contributed by atoms with van der Waals surface area (Å²) in [6.45, 7) is 0. The molecule has 0 aromatic rings. The second-order valence-corrected chi connectivity index (χ2v) is 0. The van der Waals surface area contributed by atoms with Crippen molar-refractivity contribution in [3.05, 3.63) is 0 Å². The van der Waals surface area contributed by atoms with Gasteiger partial charge in [-0.1, -0.05) is 0 Å². The van der Waals surface area contributed by atoms with Crippen molar-refractivity contribution in [2.24, 2.45) is 0 Å². The van der Waals surface area contributed by atoms with Gasteiger partial charge in [0.05, 0.1) is 8.41 Å². The van der Waals surface area contributed by atoms with E-state index in [1.165, 1.54) is 0 Å². The zero-order valence-corrected chi connectivity index (χ0v) is 8.22. The minimum atomic E-state index is 0. The Balaban J connectivity index is 0. The van der Waals surface area contributed by atoms with Crippen LogP contribution in [0, 0.1) is 0 Å². The van der Waals surface area contributed by atoms with Gasteiger partial charge in [0.15, 0.2) is 0 Å². The van der Waals surface area contributed by atoms with Gasteiger partial charge >= 0.3 is 68.9 Å². The molecule has 0 fully saturated rings.